The number of nitrogens with zero attached hydrogens (tertiary/aromatic N) is 2. The minimum Gasteiger partial charge on any atom is -0.398 e. The Labute approximate surface area is 148 Å². The number of benzene rings is 1. The van der Waals surface area contributed by atoms with Crippen LogP contribution in [-0.4, -0.2) is 52.8 Å². The molecule has 124 valence electrons. The van der Waals surface area contributed by atoms with E-state index in [0.29, 0.717) is 22.4 Å². The molecule has 2 aromatic rings. The Hall–Kier alpha value is -2.44. The van der Waals surface area contributed by atoms with Crippen molar-refractivity contribution in [1.29, 1.82) is 0 Å². The molecule has 0 aliphatic carbocycles. The molecule has 0 spiro atoms. The highest BCUT2D eigenvalue weighted by Gasteiger charge is 2.42. The van der Waals surface area contributed by atoms with Crippen LogP contribution in [0.2, 0.25) is 5.21 Å². The lowest BCUT2D eigenvalue weighted by atomic mass is 9.50. The summed E-state index contributed by atoms with van der Waals surface area (Å²) in [5.74, 6) is -0.396. The predicted octanol–water partition coefficient (Wildman–Crippen LogP) is -5.23. The molecule has 25 heavy (non-hydrogen) atoms. The van der Waals surface area contributed by atoms with Crippen LogP contribution in [0.15, 0.2) is 10.9 Å². The van der Waals surface area contributed by atoms with Gasteiger partial charge in [0.15, 0.2) is 0 Å². The van der Waals surface area contributed by atoms with E-state index in [1.807, 2.05) is 21.8 Å². The van der Waals surface area contributed by atoms with Crippen LogP contribution in [0.1, 0.15) is 18.3 Å². The van der Waals surface area contributed by atoms with Crippen LogP contribution in [-0.2, 0) is 9.59 Å². The lowest BCUT2D eigenvalue weighted by Crippen LogP contribution is -2.52. The first kappa shape index (κ1) is 17.4. The monoisotopic (exact) mass is 334 g/mol. The normalized spacial score (nSPS) is 19.8. The summed E-state index contributed by atoms with van der Waals surface area (Å²) in [4.78, 5) is 42.1. The Morgan fingerprint density at radius 1 is 1.28 bits per heavy atom. The summed E-state index contributed by atoms with van der Waals surface area (Å²) < 4.78 is 1.36. The highest BCUT2D eigenvalue weighted by molar-refractivity contribution is 6.52. The lowest BCUT2D eigenvalue weighted by molar-refractivity contribution is -0.136. The Bertz CT molecular complexity index is 1000. The predicted molar refractivity (Wildman–Crippen MR) is 108 cm³/mol. The standard InChI is InChI=1S/C14H18B4N4O3/c1-4-20-10-6(16)2-5(15)9(19)8(10)12(24)22(4)7-3-14(17,18)13(25)21-11(7)23/h2,7H,3,15-19H2,1H3,(H,21,23,25). The number of nitrogens with one attached hydrogen (secondary N) is 1. The molecule has 1 aromatic heterocycles. The van der Waals surface area contributed by atoms with E-state index in [4.69, 9.17) is 5.73 Å². The summed E-state index contributed by atoms with van der Waals surface area (Å²) in [7, 11) is 7.21. The second-order valence-electron chi connectivity index (χ2n) is 7.40. The van der Waals surface area contributed by atoms with Crippen molar-refractivity contribution in [1.82, 2.24) is 14.9 Å². The molecule has 2 heterocycles. The number of rotatable bonds is 1. The fourth-order valence-corrected chi connectivity index (χ4v) is 3.45. The number of nitrogens with two attached hydrogens (primary N) is 1. The molecule has 0 bridgehead atoms. The third-order valence-electron chi connectivity index (χ3n) is 4.96. The summed E-state index contributed by atoms with van der Waals surface area (Å²) in [6.45, 7) is 1.69. The van der Waals surface area contributed by atoms with E-state index in [9.17, 15) is 14.4 Å². The van der Waals surface area contributed by atoms with Gasteiger partial charge in [-0.05, 0) is 18.6 Å². The Balaban J connectivity index is 2.31. The van der Waals surface area contributed by atoms with Crippen molar-refractivity contribution in [3.05, 3.63) is 22.2 Å². The second-order valence-corrected chi connectivity index (χ2v) is 7.40. The van der Waals surface area contributed by atoms with Crippen LogP contribution in [0.3, 0.4) is 0 Å². The molecule has 0 saturated carbocycles. The van der Waals surface area contributed by atoms with Gasteiger partial charge < -0.3 is 5.73 Å². The average molecular weight is 334 g/mol. The number of nitrogen functional groups attached to an aromatic ring is 1. The molecule has 1 unspecified atom stereocenters. The number of piperidine rings is 1. The van der Waals surface area contributed by atoms with Crippen LogP contribution in [0.4, 0.5) is 5.69 Å². The number of carbonyl (C=O) groups excluding carboxylic acids is 2. The maximum atomic E-state index is 13.2. The number of carbonyl (C=O) groups is 2. The number of aryl methyl sites for hydroxylation is 1. The van der Waals surface area contributed by atoms with Gasteiger partial charge in [0, 0.05) is 5.69 Å². The zero-order valence-electron chi connectivity index (χ0n) is 15.1. The zero-order valence-corrected chi connectivity index (χ0v) is 15.1. The van der Waals surface area contributed by atoms with E-state index >= 15 is 0 Å². The minimum atomic E-state index is -0.794. The minimum absolute atomic E-state index is 0.232. The van der Waals surface area contributed by atoms with Crippen molar-refractivity contribution in [2.75, 3.05) is 5.73 Å². The first-order valence-corrected chi connectivity index (χ1v) is 8.18. The SMILES string of the molecule is Bc1cc(B)c2nc(C)n(C3CC(B)(B)C(=O)NC3=O)c(=O)c2c1N. The molecule has 1 aliphatic heterocycles. The van der Waals surface area contributed by atoms with E-state index in [1.165, 1.54) is 4.57 Å². The zero-order chi connectivity index (χ0) is 18.7. The Morgan fingerprint density at radius 3 is 2.56 bits per heavy atom. The smallest absolute Gasteiger partial charge is 0.264 e. The van der Waals surface area contributed by atoms with Crippen LogP contribution in [0.25, 0.3) is 10.9 Å². The average Bonchev–Trinajstić information content (AvgIpc) is 2.49. The summed E-state index contributed by atoms with van der Waals surface area (Å²) in [6, 6.07) is 1.10. The van der Waals surface area contributed by atoms with Gasteiger partial charge in [0.2, 0.25) is 11.8 Å². The molecule has 11 heteroatoms. The van der Waals surface area contributed by atoms with Crippen molar-refractivity contribution >= 4 is 70.7 Å². The third kappa shape index (κ3) is 2.58. The fourth-order valence-electron chi connectivity index (χ4n) is 3.45. The van der Waals surface area contributed by atoms with Gasteiger partial charge in [-0.15, -0.1) is 0 Å². The summed E-state index contributed by atoms with van der Waals surface area (Å²) >= 11 is 0. The van der Waals surface area contributed by atoms with Gasteiger partial charge in [0.05, 0.1) is 10.9 Å². The van der Waals surface area contributed by atoms with Gasteiger partial charge >= 0.3 is 0 Å². The molecule has 1 saturated heterocycles. The van der Waals surface area contributed by atoms with E-state index in [0.717, 1.165) is 10.9 Å². The van der Waals surface area contributed by atoms with Crippen molar-refractivity contribution in [3.63, 3.8) is 0 Å². The maximum Gasteiger partial charge on any atom is 0.264 e. The first-order valence-electron chi connectivity index (χ1n) is 8.18. The molecule has 1 atom stereocenters. The van der Waals surface area contributed by atoms with Crippen LogP contribution < -0.4 is 27.5 Å². The van der Waals surface area contributed by atoms with Crippen molar-refractivity contribution in [3.8, 4) is 0 Å². The maximum absolute atomic E-state index is 13.2. The number of hydrogen-bond acceptors (Lipinski definition) is 5. The van der Waals surface area contributed by atoms with Gasteiger partial charge in [-0.1, -0.05) is 17.0 Å². The Kier molecular flexibility index (Phi) is 3.85. The van der Waals surface area contributed by atoms with Crippen molar-refractivity contribution in [2.45, 2.75) is 24.6 Å². The molecule has 3 N–H and O–H groups in total. The summed E-state index contributed by atoms with van der Waals surface area (Å²) in [5, 5.41) is 1.93. The molecule has 0 radical (unpaired) electrons. The van der Waals surface area contributed by atoms with Crippen molar-refractivity contribution in [2.24, 2.45) is 0 Å². The van der Waals surface area contributed by atoms with E-state index in [1.54, 1.807) is 22.6 Å². The molecular formula is C14H18B4N4O3. The lowest BCUT2D eigenvalue weighted by Gasteiger charge is -2.34. The molecule has 1 fully saturated rings. The van der Waals surface area contributed by atoms with Gasteiger partial charge in [0.1, 0.15) is 43.3 Å². The Morgan fingerprint density at radius 2 is 1.92 bits per heavy atom. The van der Waals surface area contributed by atoms with E-state index in [-0.39, 0.29) is 17.9 Å². The largest absolute Gasteiger partial charge is 0.398 e. The molecule has 3 rings (SSSR count). The van der Waals surface area contributed by atoms with E-state index in [2.05, 4.69) is 10.3 Å². The molecule has 7 nitrogen and oxygen atoms in total. The van der Waals surface area contributed by atoms with Gasteiger partial charge in [0.25, 0.3) is 5.56 Å². The number of anilines is 1. The van der Waals surface area contributed by atoms with Gasteiger partial charge in [-0.3, -0.25) is 24.3 Å². The molecule has 1 aromatic carbocycles. The summed E-state index contributed by atoms with van der Waals surface area (Å²) in [6.07, 6.45) is 0.232. The highest BCUT2D eigenvalue weighted by Crippen LogP contribution is 2.33. The van der Waals surface area contributed by atoms with Gasteiger partial charge in [-0.25, -0.2) is 4.98 Å². The molecule has 2 amide bonds. The van der Waals surface area contributed by atoms with Crippen molar-refractivity contribution < 1.29 is 9.59 Å². The number of amides is 2. The number of imide groups is 1. The van der Waals surface area contributed by atoms with Crippen LogP contribution >= 0.6 is 0 Å². The van der Waals surface area contributed by atoms with Crippen LogP contribution in [0.5, 0.6) is 0 Å². The van der Waals surface area contributed by atoms with Crippen LogP contribution in [0, 0.1) is 6.92 Å². The second kappa shape index (κ2) is 5.54. The van der Waals surface area contributed by atoms with E-state index < -0.39 is 17.2 Å². The molecule has 1 aliphatic rings. The highest BCUT2D eigenvalue weighted by atomic mass is 16.2. The summed E-state index contributed by atoms with van der Waals surface area (Å²) in [5.41, 5.74) is 8.36. The fraction of sp³-hybridized carbons (Fsp3) is 0.286. The number of hydrogen-bond donors (Lipinski definition) is 2. The number of aromatic nitrogens is 2. The third-order valence-corrected chi connectivity index (χ3v) is 4.96. The first-order chi connectivity index (χ1) is 11.5. The number of fused-ring (bicyclic) bond motifs is 1. The molecular weight excluding hydrogens is 315 g/mol. The van der Waals surface area contributed by atoms with Gasteiger partial charge in [-0.2, -0.15) is 0 Å². The quantitative estimate of drug-likeness (QED) is 0.308. The topological polar surface area (TPSA) is 107 Å².